The van der Waals surface area contributed by atoms with Gasteiger partial charge in [0.2, 0.25) is 5.91 Å². The molecular weight excluding hydrogens is 228 g/mol. The fourth-order valence-electron chi connectivity index (χ4n) is 1.72. The van der Waals surface area contributed by atoms with Crippen LogP contribution in [0.5, 0.6) is 0 Å². The molecule has 0 radical (unpaired) electrons. The van der Waals surface area contributed by atoms with Crippen LogP contribution in [0.25, 0.3) is 0 Å². The summed E-state index contributed by atoms with van der Waals surface area (Å²) >= 11 is 0. The molecule has 0 saturated carbocycles. The highest BCUT2D eigenvalue weighted by molar-refractivity contribution is 5.89. The largest absolute Gasteiger partial charge is 0.344 e. The number of hydrogen-bond acceptors (Lipinski definition) is 3. The molecule has 0 unspecified atom stereocenters. The first-order valence-corrected chi connectivity index (χ1v) is 6.48. The Hall–Kier alpha value is -0.900. The molecule has 0 N–H and O–H groups in total. The molecular formula is C14H28N2O2. The van der Waals surface area contributed by atoms with E-state index in [2.05, 4.69) is 0 Å². The van der Waals surface area contributed by atoms with Crippen LogP contribution in [0.1, 0.15) is 34.1 Å². The summed E-state index contributed by atoms with van der Waals surface area (Å²) in [7, 11) is 5.74. The van der Waals surface area contributed by atoms with Gasteiger partial charge in [0.25, 0.3) is 0 Å². The van der Waals surface area contributed by atoms with Crippen LogP contribution in [0, 0.1) is 11.3 Å². The van der Waals surface area contributed by atoms with Gasteiger partial charge in [-0.15, -0.1) is 0 Å². The van der Waals surface area contributed by atoms with Gasteiger partial charge in [0, 0.05) is 37.9 Å². The lowest BCUT2D eigenvalue weighted by Gasteiger charge is -2.24. The van der Waals surface area contributed by atoms with E-state index in [0.29, 0.717) is 13.0 Å². The molecule has 4 nitrogen and oxygen atoms in total. The molecule has 0 aliphatic carbocycles. The molecule has 106 valence electrons. The highest BCUT2D eigenvalue weighted by atomic mass is 16.2. The van der Waals surface area contributed by atoms with Crippen molar-refractivity contribution in [1.82, 2.24) is 9.80 Å². The van der Waals surface area contributed by atoms with Gasteiger partial charge in [-0.3, -0.25) is 9.59 Å². The second kappa shape index (κ2) is 6.88. The molecule has 1 amide bonds. The van der Waals surface area contributed by atoms with Crippen molar-refractivity contribution < 1.29 is 9.59 Å². The Bertz CT molecular complexity index is 293. The Balaban J connectivity index is 4.27. The highest BCUT2D eigenvalue weighted by Gasteiger charge is 2.28. The Morgan fingerprint density at radius 1 is 1.06 bits per heavy atom. The predicted molar refractivity (Wildman–Crippen MR) is 74.4 cm³/mol. The van der Waals surface area contributed by atoms with Crippen molar-refractivity contribution in [1.29, 1.82) is 0 Å². The van der Waals surface area contributed by atoms with Gasteiger partial charge in [0.1, 0.15) is 5.78 Å². The maximum absolute atomic E-state index is 12.0. The lowest BCUT2D eigenvalue weighted by atomic mass is 9.82. The molecule has 0 spiro atoms. The quantitative estimate of drug-likeness (QED) is 0.725. The first-order chi connectivity index (χ1) is 8.05. The number of nitrogens with zero attached hydrogens (tertiary/aromatic N) is 2. The summed E-state index contributed by atoms with van der Waals surface area (Å²) in [5.74, 6) is -0.0156. The molecule has 0 bridgehead atoms. The number of Topliss-reactive ketones (excluding diaryl/α,β-unsaturated/α-hetero) is 1. The molecule has 0 aromatic carbocycles. The van der Waals surface area contributed by atoms with Gasteiger partial charge in [-0.25, -0.2) is 0 Å². The summed E-state index contributed by atoms with van der Waals surface area (Å²) in [6.07, 6.45) is 0.306. The molecule has 0 rings (SSSR count). The van der Waals surface area contributed by atoms with E-state index >= 15 is 0 Å². The zero-order valence-electron chi connectivity index (χ0n) is 12.9. The van der Waals surface area contributed by atoms with Crippen molar-refractivity contribution in [2.75, 3.05) is 34.2 Å². The Morgan fingerprint density at radius 2 is 1.56 bits per heavy atom. The van der Waals surface area contributed by atoms with Crippen LogP contribution in [0.15, 0.2) is 0 Å². The van der Waals surface area contributed by atoms with Crippen molar-refractivity contribution in [2.45, 2.75) is 34.1 Å². The SMILES string of the molecule is C[C@@H](CC(=O)N(C)CCN(C)C)C(=O)C(C)(C)C. The summed E-state index contributed by atoms with van der Waals surface area (Å²) in [4.78, 5) is 27.7. The lowest BCUT2D eigenvalue weighted by Crippen LogP contribution is -2.36. The number of carbonyl (C=O) groups excluding carboxylic acids is 2. The number of hydrogen-bond donors (Lipinski definition) is 0. The number of carbonyl (C=O) groups is 2. The van der Waals surface area contributed by atoms with Gasteiger partial charge < -0.3 is 9.80 Å². The summed E-state index contributed by atoms with van der Waals surface area (Å²) in [5, 5.41) is 0. The number of ketones is 1. The van der Waals surface area contributed by atoms with E-state index in [4.69, 9.17) is 0 Å². The van der Waals surface area contributed by atoms with E-state index in [-0.39, 0.29) is 23.0 Å². The topological polar surface area (TPSA) is 40.6 Å². The van der Waals surface area contributed by atoms with E-state index in [1.165, 1.54) is 0 Å². The maximum Gasteiger partial charge on any atom is 0.223 e. The highest BCUT2D eigenvalue weighted by Crippen LogP contribution is 2.22. The van der Waals surface area contributed by atoms with Gasteiger partial charge in [-0.2, -0.15) is 0 Å². The van der Waals surface area contributed by atoms with E-state index in [0.717, 1.165) is 6.54 Å². The number of likely N-dealkylation sites (N-methyl/N-ethyl adjacent to an activating group) is 2. The lowest BCUT2D eigenvalue weighted by molar-refractivity contribution is -0.137. The van der Waals surface area contributed by atoms with Gasteiger partial charge in [0.15, 0.2) is 0 Å². The molecule has 0 aliphatic heterocycles. The first kappa shape index (κ1) is 17.1. The van der Waals surface area contributed by atoms with Crippen LogP contribution in [0.3, 0.4) is 0 Å². The maximum atomic E-state index is 12.0. The number of amides is 1. The van der Waals surface area contributed by atoms with Crippen LogP contribution in [0.2, 0.25) is 0 Å². The Morgan fingerprint density at radius 3 is 1.94 bits per heavy atom. The third-order valence-electron chi connectivity index (χ3n) is 2.98. The summed E-state index contributed by atoms with van der Waals surface area (Å²) in [6.45, 7) is 9.06. The van der Waals surface area contributed by atoms with Crippen molar-refractivity contribution >= 4 is 11.7 Å². The molecule has 0 aliphatic rings. The minimum atomic E-state index is -0.373. The van der Waals surface area contributed by atoms with Crippen molar-refractivity contribution in [3.8, 4) is 0 Å². The minimum Gasteiger partial charge on any atom is -0.344 e. The zero-order chi connectivity index (χ0) is 14.5. The third-order valence-corrected chi connectivity index (χ3v) is 2.98. The van der Waals surface area contributed by atoms with Crippen molar-refractivity contribution in [2.24, 2.45) is 11.3 Å². The average Bonchev–Trinajstić information content (AvgIpc) is 2.22. The molecule has 4 heteroatoms. The Labute approximate surface area is 111 Å². The molecule has 0 aromatic rings. The minimum absolute atomic E-state index is 0.0435. The summed E-state index contributed by atoms with van der Waals surface area (Å²) in [5.41, 5.74) is -0.373. The summed E-state index contributed by atoms with van der Waals surface area (Å²) in [6, 6.07) is 0. The van der Waals surface area contributed by atoms with E-state index < -0.39 is 0 Å². The van der Waals surface area contributed by atoms with Gasteiger partial charge in [-0.1, -0.05) is 27.7 Å². The van der Waals surface area contributed by atoms with Crippen LogP contribution in [-0.2, 0) is 9.59 Å². The van der Waals surface area contributed by atoms with E-state index in [1.807, 2.05) is 46.7 Å². The van der Waals surface area contributed by atoms with Gasteiger partial charge >= 0.3 is 0 Å². The smallest absolute Gasteiger partial charge is 0.223 e. The van der Waals surface area contributed by atoms with Crippen LogP contribution >= 0.6 is 0 Å². The second-order valence-electron chi connectivity index (χ2n) is 6.34. The molecule has 18 heavy (non-hydrogen) atoms. The van der Waals surface area contributed by atoms with Crippen molar-refractivity contribution in [3.05, 3.63) is 0 Å². The molecule has 1 atom stereocenters. The first-order valence-electron chi connectivity index (χ1n) is 6.48. The average molecular weight is 256 g/mol. The predicted octanol–water partition coefficient (Wildman–Crippen LogP) is 1.65. The second-order valence-corrected chi connectivity index (χ2v) is 6.34. The number of rotatable bonds is 6. The molecule has 0 heterocycles. The fourth-order valence-corrected chi connectivity index (χ4v) is 1.72. The van der Waals surface area contributed by atoms with Crippen LogP contribution < -0.4 is 0 Å². The van der Waals surface area contributed by atoms with Gasteiger partial charge in [0.05, 0.1) is 0 Å². The van der Waals surface area contributed by atoms with Crippen LogP contribution in [-0.4, -0.2) is 55.7 Å². The zero-order valence-corrected chi connectivity index (χ0v) is 12.9. The van der Waals surface area contributed by atoms with Crippen LogP contribution in [0.4, 0.5) is 0 Å². The summed E-state index contributed by atoms with van der Waals surface area (Å²) < 4.78 is 0. The standard InChI is InChI=1S/C14H28N2O2/c1-11(13(18)14(2,3)4)10-12(17)16(7)9-8-15(5)6/h11H,8-10H2,1-7H3/t11-/m0/s1. The normalized spacial score (nSPS) is 13.6. The molecule has 0 fully saturated rings. The van der Waals surface area contributed by atoms with E-state index in [1.54, 1.807) is 11.9 Å². The monoisotopic (exact) mass is 256 g/mol. The van der Waals surface area contributed by atoms with E-state index in [9.17, 15) is 9.59 Å². The fraction of sp³-hybridized carbons (Fsp3) is 0.857. The third kappa shape index (κ3) is 6.15. The van der Waals surface area contributed by atoms with Gasteiger partial charge in [-0.05, 0) is 14.1 Å². The molecule has 0 saturated heterocycles. The van der Waals surface area contributed by atoms with Crippen molar-refractivity contribution in [3.63, 3.8) is 0 Å². The Kier molecular flexibility index (Phi) is 6.54. The molecule has 0 aromatic heterocycles.